The number of hydrogen-bond donors (Lipinski definition) is 3. The molecule has 0 saturated carbocycles. The number of amides is 1. The van der Waals surface area contributed by atoms with Crippen molar-refractivity contribution in [1.82, 2.24) is 30.0 Å². The van der Waals surface area contributed by atoms with Crippen molar-refractivity contribution >= 4 is 28.6 Å². The number of ketones is 1. The number of ether oxygens (including phenoxy) is 1. The highest BCUT2D eigenvalue weighted by Crippen LogP contribution is 2.35. The van der Waals surface area contributed by atoms with E-state index in [-0.39, 0.29) is 17.0 Å². The van der Waals surface area contributed by atoms with Crippen molar-refractivity contribution in [2.75, 3.05) is 13.7 Å². The van der Waals surface area contributed by atoms with Gasteiger partial charge in [-0.15, -0.1) is 0 Å². The summed E-state index contributed by atoms with van der Waals surface area (Å²) in [6.45, 7) is 0.692. The van der Waals surface area contributed by atoms with E-state index in [0.29, 0.717) is 41.9 Å². The lowest BCUT2D eigenvalue weighted by atomic mass is 9.92. The molecule has 0 unspecified atom stereocenters. The van der Waals surface area contributed by atoms with Gasteiger partial charge in [0.2, 0.25) is 0 Å². The van der Waals surface area contributed by atoms with Crippen LogP contribution < -0.4 is 4.74 Å². The molecule has 5 aromatic rings. The van der Waals surface area contributed by atoms with Crippen molar-refractivity contribution in [3.05, 3.63) is 83.4 Å². The van der Waals surface area contributed by atoms with E-state index in [1.165, 1.54) is 25.6 Å². The number of Topliss-reactive ketones (excluding diaryl/α,β-unsaturated/α-hetero) is 1. The molecule has 1 aliphatic heterocycles. The first-order valence-electron chi connectivity index (χ1n) is 12.1. The van der Waals surface area contributed by atoms with Crippen LogP contribution in [0.5, 0.6) is 5.75 Å². The fraction of sp³-hybridized carbons (Fsp3) is 0.143. The Morgan fingerprint density at radius 3 is 2.69 bits per heavy atom. The van der Waals surface area contributed by atoms with Gasteiger partial charge in [-0.1, -0.05) is 24.3 Å². The van der Waals surface area contributed by atoms with Gasteiger partial charge in [-0.05, 0) is 29.7 Å². The Morgan fingerprint density at radius 2 is 1.95 bits per heavy atom. The molecule has 0 saturated heterocycles. The van der Waals surface area contributed by atoms with E-state index in [1.54, 1.807) is 11.1 Å². The van der Waals surface area contributed by atoms with Gasteiger partial charge < -0.3 is 19.7 Å². The lowest BCUT2D eigenvalue weighted by Gasteiger charge is -2.29. The number of carboxylic acid groups (broad SMARTS) is 1. The number of H-pyrrole nitrogens is 2. The molecule has 5 heterocycles. The third kappa shape index (κ3) is 4.09. The predicted octanol–water partition coefficient (Wildman–Crippen LogP) is 3.49. The maximum absolute atomic E-state index is 13.5. The lowest BCUT2D eigenvalue weighted by Crippen LogP contribution is -2.40. The number of carbonyl (C=O) groups is 3. The highest BCUT2D eigenvalue weighted by Gasteiger charge is 2.31. The van der Waals surface area contributed by atoms with Crippen LogP contribution >= 0.6 is 0 Å². The molecule has 0 spiro atoms. The van der Waals surface area contributed by atoms with Crippen molar-refractivity contribution in [3.63, 3.8) is 0 Å². The van der Waals surface area contributed by atoms with Crippen molar-refractivity contribution < 1.29 is 24.2 Å². The first-order valence-corrected chi connectivity index (χ1v) is 12.1. The number of aromatic carboxylic acids is 1. The highest BCUT2D eigenvalue weighted by atomic mass is 16.5. The summed E-state index contributed by atoms with van der Waals surface area (Å²) in [5.74, 6) is -2.18. The summed E-state index contributed by atoms with van der Waals surface area (Å²) in [6.07, 6.45) is 5.20. The zero-order chi connectivity index (χ0) is 27.1. The molecule has 6 rings (SSSR count). The SMILES string of the molecule is COc1cnc(-c2cc(C(=O)O)[nH]n2)c2[nH]cc(C(=O)C(=O)N3CCc4c(cccc4-c4ccccn4)C3)c12. The molecule has 0 fully saturated rings. The molecular formula is C28H22N6O5. The van der Waals surface area contributed by atoms with Gasteiger partial charge in [-0.2, -0.15) is 5.10 Å². The summed E-state index contributed by atoms with van der Waals surface area (Å²) < 4.78 is 5.45. The first-order chi connectivity index (χ1) is 19.0. The van der Waals surface area contributed by atoms with Crippen LogP contribution in [0.3, 0.4) is 0 Å². The van der Waals surface area contributed by atoms with Crippen LogP contribution in [0.4, 0.5) is 0 Å². The summed E-state index contributed by atoms with van der Waals surface area (Å²) in [4.78, 5) is 51.6. The zero-order valence-corrected chi connectivity index (χ0v) is 20.8. The average Bonchev–Trinajstić information content (AvgIpc) is 3.64. The molecule has 0 radical (unpaired) electrons. The first kappa shape index (κ1) is 24.0. The summed E-state index contributed by atoms with van der Waals surface area (Å²) in [6, 6.07) is 13.0. The van der Waals surface area contributed by atoms with Gasteiger partial charge in [0.15, 0.2) is 0 Å². The summed E-state index contributed by atoms with van der Waals surface area (Å²) in [5.41, 5.74) is 5.00. The van der Waals surface area contributed by atoms with Crippen molar-refractivity contribution in [2.24, 2.45) is 0 Å². The van der Waals surface area contributed by atoms with E-state index in [2.05, 4.69) is 25.1 Å². The number of carbonyl (C=O) groups excluding carboxylic acids is 2. The number of nitrogens with zero attached hydrogens (tertiary/aromatic N) is 4. The molecule has 0 bridgehead atoms. The average molecular weight is 523 g/mol. The van der Waals surface area contributed by atoms with Crippen molar-refractivity contribution in [3.8, 4) is 28.4 Å². The maximum atomic E-state index is 13.5. The molecule has 39 heavy (non-hydrogen) atoms. The Bertz CT molecular complexity index is 1760. The van der Waals surface area contributed by atoms with Crippen LogP contribution in [0.25, 0.3) is 33.5 Å². The van der Waals surface area contributed by atoms with Crippen LogP contribution in [-0.4, -0.2) is 66.5 Å². The van der Waals surface area contributed by atoms with Crippen molar-refractivity contribution in [2.45, 2.75) is 13.0 Å². The molecule has 11 nitrogen and oxygen atoms in total. The summed E-state index contributed by atoms with van der Waals surface area (Å²) in [5, 5.41) is 16.1. The van der Waals surface area contributed by atoms with Gasteiger partial charge in [-0.3, -0.25) is 19.7 Å². The Kier molecular flexibility index (Phi) is 5.87. The van der Waals surface area contributed by atoms with Crippen LogP contribution in [0, 0.1) is 0 Å². The fourth-order valence-corrected chi connectivity index (χ4v) is 5.00. The minimum atomic E-state index is -1.17. The fourth-order valence-electron chi connectivity index (χ4n) is 5.00. The molecule has 3 N–H and O–H groups in total. The number of fused-ring (bicyclic) bond motifs is 2. The van der Waals surface area contributed by atoms with E-state index in [9.17, 15) is 19.5 Å². The van der Waals surface area contributed by atoms with E-state index in [1.807, 2.05) is 36.4 Å². The minimum absolute atomic E-state index is 0.106. The second kappa shape index (κ2) is 9.53. The van der Waals surface area contributed by atoms with Gasteiger partial charge >= 0.3 is 5.97 Å². The lowest BCUT2D eigenvalue weighted by molar-refractivity contribution is -0.127. The van der Waals surface area contributed by atoms with Crippen molar-refractivity contribution in [1.29, 1.82) is 0 Å². The molecule has 0 aliphatic carbocycles. The molecule has 4 aromatic heterocycles. The van der Waals surface area contributed by atoms with Crippen LogP contribution in [0.15, 0.2) is 61.1 Å². The number of rotatable bonds is 6. The normalized spacial score (nSPS) is 12.8. The van der Waals surface area contributed by atoms with Crippen LogP contribution in [0.1, 0.15) is 32.0 Å². The second-order valence-electron chi connectivity index (χ2n) is 9.06. The third-order valence-electron chi connectivity index (χ3n) is 6.88. The standard InChI is InChI=1S/C28H22N6O5/c1-39-22-13-31-24(20-11-21(28(37)38)33-32-20)25-23(22)18(12-30-25)26(35)27(36)34-10-8-16-15(14-34)5-4-6-17(16)19-7-2-3-9-29-19/h2-7,9,11-13,30H,8,10,14H2,1H3,(H,32,33)(H,37,38). The Balaban J connectivity index is 1.32. The van der Waals surface area contributed by atoms with Gasteiger partial charge in [0.05, 0.1) is 35.5 Å². The number of hydrogen-bond acceptors (Lipinski definition) is 7. The van der Waals surface area contributed by atoms with Gasteiger partial charge in [0.25, 0.3) is 11.7 Å². The molecule has 1 amide bonds. The summed E-state index contributed by atoms with van der Waals surface area (Å²) >= 11 is 0. The number of benzene rings is 1. The number of aromatic amines is 2. The van der Waals surface area contributed by atoms with E-state index in [4.69, 9.17) is 4.74 Å². The van der Waals surface area contributed by atoms with E-state index >= 15 is 0 Å². The van der Waals surface area contributed by atoms with Crippen LogP contribution in [-0.2, 0) is 17.8 Å². The monoisotopic (exact) mass is 522 g/mol. The number of methoxy groups -OCH3 is 1. The molecule has 11 heteroatoms. The quantitative estimate of drug-likeness (QED) is 0.226. The van der Waals surface area contributed by atoms with Crippen LogP contribution in [0.2, 0.25) is 0 Å². The van der Waals surface area contributed by atoms with E-state index < -0.39 is 17.7 Å². The largest absolute Gasteiger partial charge is 0.494 e. The Hall–Kier alpha value is -5.32. The predicted molar refractivity (Wildman–Crippen MR) is 140 cm³/mol. The van der Waals surface area contributed by atoms with E-state index in [0.717, 1.165) is 22.4 Å². The number of nitrogens with one attached hydrogen (secondary N) is 2. The number of carboxylic acids is 1. The molecule has 1 aliphatic rings. The smallest absolute Gasteiger partial charge is 0.353 e. The Labute approximate surface area is 221 Å². The zero-order valence-electron chi connectivity index (χ0n) is 20.8. The molecule has 1 aromatic carbocycles. The number of aromatic nitrogens is 5. The maximum Gasteiger partial charge on any atom is 0.353 e. The van der Waals surface area contributed by atoms with Gasteiger partial charge in [0.1, 0.15) is 22.8 Å². The third-order valence-corrected chi connectivity index (χ3v) is 6.88. The minimum Gasteiger partial charge on any atom is -0.494 e. The second-order valence-corrected chi connectivity index (χ2v) is 9.06. The number of pyridine rings is 2. The van der Waals surface area contributed by atoms with Gasteiger partial charge in [0, 0.05) is 37.1 Å². The topological polar surface area (TPSA) is 154 Å². The van der Waals surface area contributed by atoms with Gasteiger partial charge in [-0.25, -0.2) is 9.78 Å². The molecular weight excluding hydrogens is 500 g/mol. The highest BCUT2D eigenvalue weighted by molar-refractivity contribution is 6.45. The Morgan fingerprint density at radius 1 is 1.08 bits per heavy atom. The molecule has 0 atom stereocenters. The summed E-state index contributed by atoms with van der Waals surface area (Å²) in [7, 11) is 1.44. The molecule has 194 valence electrons.